The zero-order chi connectivity index (χ0) is 16.1. The molecule has 0 N–H and O–H groups in total. The van der Waals surface area contributed by atoms with Crippen LogP contribution in [0.3, 0.4) is 0 Å². The maximum absolute atomic E-state index is 3.82. The Morgan fingerprint density at radius 1 is 0.818 bits per heavy atom. The summed E-state index contributed by atoms with van der Waals surface area (Å²) in [5.74, 6) is 0. The Bertz CT molecular complexity index is 623. The second-order valence-electron chi connectivity index (χ2n) is 5.95. The minimum atomic E-state index is 0.950. The largest absolute Gasteiger partial charge is 0.298 e. The van der Waals surface area contributed by atoms with E-state index < -0.39 is 0 Å². The molecule has 0 atom stereocenters. The Morgan fingerprint density at radius 2 is 1.23 bits per heavy atom. The molecule has 0 saturated carbocycles. The SMILES string of the molecule is C=Cc1ccc(CN(C)Cc2ccc(C=C)cc2C)c(C)c1. The van der Waals surface area contributed by atoms with Crippen LogP contribution in [0.1, 0.15) is 33.4 Å². The average molecular weight is 291 g/mol. The molecule has 0 aliphatic rings. The molecule has 1 heteroatoms. The van der Waals surface area contributed by atoms with E-state index in [4.69, 9.17) is 0 Å². The van der Waals surface area contributed by atoms with Crippen molar-refractivity contribution in [2.24, 2.45) is 0 Å². The van der Waals surface area contributed by atoms with E-state index in [-0.39, 0.29) is 0 Å². The third-order valence-corrected chi connectivity index (χ3v) is 4.09. The smallest absolute Gasteiger partial charge is 0.0236 e. The van der Waals surface area contributed by atoms with Gasteiger partial charge in [-0.05, 0) is 54.3 Å². The molecule has 0 spiro atoms. The van der Waals surface area contributed by atoms with E-state index in [2.05, 4.69) is 75.4 Å². The van der Waals surface area contributed by atoms with Gasteiger partial charge < -0.3 is 0 Å². The lowest BCUT2D eigenvalue weighted by Crippen LogP contribution is -2.18. The van der Waals surface area contributed by atoms with Gasteiger partial charge in [0.1, 0.15) is 0 Å². The predicted octanol–water partition coefficient (Wildman–Crippen LogP) is 5.22. The van der Waals surface area contributed by atoms with Gasteiger partial charge in [0, 0.05) is 13.1 Å². The van der Waals surface area contributed by atoms with Crippen LogP contribution in [0.25, 0.3) is 12.2 Å². The molecule has 2 rings (SSSR count). The highest BCUT2D eigenvalue weighted by Crippen LogP contribution is 2.17. The van der Waals surface area contributed by atoms with Crippen LogP contribution in [0, 0.1) is 13.8 Å². The summed E-state index contributed by atoms with van der Waals surface area (Å²) >= 11 is 0. The van der Waals surface area contributed by atoms with Gasteiger partial charge in [0.25, 0.3) is 0 Å². The van der Waals surface area contributed by atoms with Crippen molar-refractivity contribution in [1.82, 2.24) is 4.90 Å². The molecule has 2 aromatic carbocycles. The summed E-state index contributed by atoms with van der Waals surface area (Å²) in [5.41, 5.74) is 7.74. The molecule has 114 valence electrons. The molecule has 1 nitrogen and oxygen atoms in total. The van der Waals surface area contributed by atoms with E-state index in [1.54, 1.807) is 0 Å². The van der Waals surface area contributed by atoms with Crippen LogP contribution in [0.2, 0.25) is 0 Å². The van der Waals surface area contributed by atoms with Crippen molar-refractivity contribution in [2.75, 3.05) is 7.05 Å². The predicted molar refractivity (Wildman–Crippen MR) is 97.7 cm³/mol. The van der Waals surface area contributed by atoms with Gasteiger partial charge in [0.05, 0.1) is 0 Å². The monoisotopic (exact) mass is 291 g/mol. The molecule has 0 saturated heterocycles. The molecular weight excluding hydrogens is 266 g/mol. The third-order valence-electron chi connectivity index (χ3n) is 4.09. The van der Waals surface area contributed by atoms with Crippen LogP contribution in [0.4, 0.5) is 0 Å². The molecule has 0 aromatic heterocycles. The van der Waals surface area contributed by atoms with Crippen molar-refractivity contribution in [2.45, 2.75) is 26.9 Å². The molecule has 2 aromatic rings. The normalized spacial score (nSPS) is 10.7. The van der Waals surface area contributed by atoms with Crippen molar-refractivity contribution < 1.29 is 0 Å². The Balaban J connectivity index is 2.08. The molecule has 22 heavy (non-hydrogen) atoms. The number of hydrogen-bond acceptors (Lipinski definition) is 1. The van der Waals surface area contributed by atoms with E-state index in [1.807, 2.05) is 12.2 Å². The van der Waals surface area contributed by atoms with Crippen molar-refractivity contribution in [3.05, 3.63) is 82.9 Å². The summed E-state index contributed by atoms with van der Waals surface area (Å²) in [5, 5.41) is 0. The lowest BCUT2D eigenvalue weighted by Gasteiger charge is -2.20. The van der Waals surface area contributed by atoms with Crippen molar-refractivity contribution in [3.63, 3.8) is 0 Å². The minimum absolute atomic E-state index is 0.950. The summed E-state index contributed by atoms with van der Waals surface area (Å²) in [6, 6.07) is 13.1. The fraction of sp³-hybridized carbons (Fsp3) is 0.238. The highest BCUT2D eigenvalue weighted by molar-refractivity contribution is 5.50. The molecule has 0 fully saturated rings. The van der Waals surface area contributed by atoms with Gasteiger partial charge in [-0.3, -0.25) is 4.90 Å². The van der Waals surface area contributed by atoms with Crippen molar-refractivity contribution in [3.8, 4) is 0 Å². The lowest BCUT2D eigenvalue weighted by molar-refractivity contribution is 0.318. The number of nitrogens with zero attached hydrogens (tertiary/aromatic N) is 1. The average Bonchev–Trinajstić information content (AvgIpc) is 2.51. The number of hydrogen-bond donors (Lipinski definition) is 0. The maximum Gasteiger partial charge on any atom is 0.0236 e. The van der Waals surface area contributed by atoms with Crippen LogP contribution < -0.4 is 0 Å². The van der Waals surface area contributed by atoms with Gasteiger partial charge in [-0.2, -0.15) is 0 Å². The third kappa shape index (κ3) is 3.96. The first-order valence-corrected chi connectivity index (χ1v) is 7.66. The molecular formula is C21H25N. The van der Waals surface area contributed by atoms with Gasteiger partial charge in [0.2, 0.25) is 0 Å². The zero-order valence-corrected chi connectivity index (χ0v) is 13.9. The molecule has 0 radical (unpaired) electrons. The lowest BCUT2D eigenvalue weighted by atomic mass is 10.0. The van der Waals surface area contributed by atoms with Gasteiger partial charge in [-0.15, -0.1) is 0 Å². The highest BCUT2D eigenvalue weighted by atomic mass is 15.1. The molecule has 0 aliphatic heterocycles. The van der Waals surface area contributed by atoms with E-state index >= 15 is 0 Å². The first kappa shape index (κ1) is 16.3. The second-order valence-corrected chi connectivity index (χ2v) is 5.95. The van der Waals surface area contributed by atoms with Crippen LogP contribution in [0.15, 0.2) is 49.6 Å². The van der Waals surface area contributed by atoms with Crippen molar-refractivity contribution in [1.29, 1.82) is 0 Å². The Morgan fingerprint density at radius 3 is 1.55 bits per heavy atom. The topological polar surface area (TPSA) is 3.24 Å². The highest BCUT2D eigenvalue weighted by Gasteiger charge is 2.06. The van der Waals surface area contributed by atoms with E-state index in [1.165, 1.54) is 33.4 Å². The fourth-order valence-corrected chi connectivity index (χ4v) is 2.68. The standard InChI is InChI=1S/C21H25N/c1-6-18-8-10-20(16(3)12-18)14-22(5)15-21-11-9-19(7-2)13-17(21)4/h6-13H,1-2,14-15H2,3-5H3. The van der Waals surface area contributed by atoms with Crippen LogP contribution in [-0.4, -0.2) is 11.9 Å². The van der Waals surface area contributed by atoms with Crippen LogP contribution >= 0.6 is 0 Å². The zero-order valence-electron chi connectivity index (χ0n) is 13.9. The van der Waals surface area contributed by atoms with Crippen molar-refractivity contribution >= 4 is 12.2 Å². The quantitative estimate of drug-likeness (QED) is 0.705. The van der Waals surface area contributed by atoms with E-state index in [9.17, 15) is 0 Å². The molecule has 0 aliphatic carbocycles. The van der Waals surface area contributed by atoms with E-state index in [0.29, 0.717) is 0 Å². The minimum Gasteiger partial charge on any atom is -0.298 e. The van der Waals surface area contributed by atoms with Gasteiger partial charge >= 0.3 is 0 Å². The van der Waals surface area contributed by atoms with Crippen LogP contribution in [-0.2, 0) is 13.1 Å². The summed E-state index contributed by atoms with van der Waals surface area (Å²) in [7, 11) is 2.17. The first-order chi connectivity index (χ1) is 10.5. The van der Waals surface area contributed by atoms with Gasteiger partial charge in [-0.1, -0.05) is 61.7 Å². The Hall–Kier alpha value is -2.12. The summed E-state index contributed by atoms with van der Waals surface area (Å²) in [6.07, 6.45) is 3.79. The number of benzene rings is 2. The summed E-state index contributed by atoms with van der Waals surface area (Å²) < 4.78 is 0. The summed E-state index contributed by atoms with van der Waals surface area (Å²) in [6.45, 7) is 13.9. The molecule has 0 bridgehead atoms. The molecule has 0 unspecified atom stereocenters. The Kier molecular flexibility index (Phi) is 5.35. The van der Waals surface area contributed by atoms with E-state index in [0.717, 1.165) is 13.1 Å². The summed E-state index contributed by atoms with van der Waals surface area (Å²) in [4.78, 5) is 2.35. The fourth-order valence-electron chi connectivity index (χ4n) is 2.68. The second kappa shape index (κ2) is 7.24. The van der Waals surface area contributed by atoms with Gasteiger partial charge in [0.15, 0.2) is 0 Å². The molecule has 0 amide bonds. The molecule has 0 heterocycles. The number of aryl methyl sites for hydroxylation is 2. The first-order valence-electron chi connectivity index (χ1n) is 7.66. The Labute approximate surface area is 134 Å². The van der Waals surface area contributed by atoms with Gasteiger partial charge in [-0.25, -0.2) is 0 Å². The maximum atomic E-state index is 3.82. The number of rotatable bonds is 6. The van der Waals surface area contributed by atoms with Crippen LogP contribution in [0.5, 0.6) is 0 Å².